The zero-order valence-corrected chi connectivity index (χ0v) is 7.23. The average molecular weight is 227 g/mol. The molecule has 8 heavy (non-hydrogen) atoms. The number of hydrogen-bond donors (Lipinski definition) is 1. The molecule has 0 aromatic heterocycles. The topological polar surface area (TPSA) is 35.2 Å². The Morgan fingerprint density at radius 2 is 2.12 bits per heavy atom. The third kappa shape index (κ3) is 3.12. The molecular weight excluding hydrogens is 217 g/mol. The molecule has 0 heterocycles. The van der Waals surface area contributed by atoms with Gasteiger partial charge in [-0.15, -0.1) is 0 Å². The number of alkyl halides is 1. The van der Waals surface area contributed by atoms with E-state index >= 15 is 0 Å². The van der Waals surface area contributed by atoms with Crippen molar-refractivity contribution in [3.8, 4) is 0 Å². The minimum absolute atomic E-state index is 0.541. The molecule has 2 nitrogen and oxygen atoms in total. The summed E-state index contributed by atoms with van der Waals surface area (Å²) in [6.45, 7) is 3.84. The number of ether oxygens (including phenoxy) is 1. The molecule has 0 rings (SSSR count). The summed E-state index contributed by atoms with van der Waals surface area (Å²) in [5, 5.41) is 0. The molecule has 48 valence electrons. The molecule has 0 saturated heterocycles. The third-order valence-corrected chi connectivity index (χ3v) is 1.01. The number of hydrogen-bond acceptors (Lipinski definition) is 2. The number of halogens is 1. The maximum absolute atomic E-state index is 5.38. The van der Waals surface area contributed by atoms with E-state index in [0.29, 0.717) is 10.5 Å². The second-order valence-corrected chi connectivity index (χ2v) is 2.24. The van der Waals surface area contributed by atoms with E-state index in [4.69, 9.17) is 10.5 Å². The molecule has 0 aromatic carbocycles. The van der Waals surface area contributed by atoms with Crippen molar-refractivity contribution in [2.75, 3.05) is 4.61 Å². The van der Waals surface area contributed by atoms with Gasteiger partial charge in [0.1, 0.15) is 4.61 Å². The normalized spacial score (nSPS) is 8.38. The molecule has 0 aromatic rings. The maximum atomic E-state index is 5.38. The molecule has 0 aliphatic heterocycles. The van der Waals surface area contributed by atoms with Crippen molar-refractivity contribution in [2.24, 2.45) is 5.73 Å². The van der Waals surface area contributed by atoms with Crippen molar-refractivity contribution in [2.45, 2.75) is 13.8 Å². The van der Waals surface area contributed by atoms with Gasteiger partial charge in [0.05, 0.1) is 0 Å². The molecule has 0 spiro atoms. The lowest BCUT2D eigenvalue weighted by Crippen LogP contribution is -2.02. The van der Waals surface area contributed by atoms with Gasteiger partial charge in [-0.2, -0.15) is 0 Å². The smallest absolute Gasteiger partial charge is 0.183 e. The summed E-state index contributed by atoms with van der Waals surface area (Å²) < 4.78 is 5.57. The van der Waals surface area contributed by atoms with E-state index in [9.17, 15) is 0 Å². The predicted octanol–water partition coefficient (Wildman–Crippen LogP) is 1.61. The van der Waals surface area contributed by atoms with E-state index < -0.39 is 0 Å². The molecule has 0 bridgehead atoms. The Balaban J connectivity index is 3.62. The van der Waals surface area contributed by atoms with Crippen molar-refractivity contribution in [1.82, 2.24) is 0 Å². The van der Waals surface area contributed by atoms with Crippen molar-refractivity contribution < 1.29 is 4.74 Å². The van der Waals surface area contributed by atoms with E-state index in [0.717, 1.165) is 5.57 Å². The predicted molar refractivity (Wildman–Crippen MR) is 42.5 cm³/mol. The summed E-state index contributed by atoms with van der Waals surface area (Å²) >= 11 is 2.10. The highest BCUT2D eigenvalue weighted by Crippen LogP contribution is 1.98. The van der Waals surface area contributed by atoms with Crippen LogP contribution in [0, 0.1) is 0 Å². The SMILES string of the molecule is CC(C)=C(N)OCI. The van der Waals surface area contributed by atoms with Crippen LogP contribution in [0.2, 0.25) is 0 Å². The highest BCUT2D eigenvalue weighted by Gasteiger charge is 1.88. The molecule has 0 aliphatic carbocycles. The Hall–Kier alpha value is 0.0700. The van der Waals surface area contributed by atoms with Crippen LogP contribution in [0.3, 0.4) is 0 Å². The summed E-state index contributed by atoms with van der Waals surface area (Å²) in [4.78, 5) is 0. The molecule has 3 heteroatoms. The number of rotatable bonds is 2. The van der Waals surface area contributed by atoms with Crippen LogP contribution in [0.4, 0.5) is 0 Å². The Bertz CT molecular complexity index is 96.6. The molecule has 2 N–H and O–H groups in total. The summed E-state index contributed by atoms with van der Waals surface area (Å²) in [6, 6.07) is 0. The summed E-state index contributed by atoms with van der Waals surface area (Å²) in [6.07, 6.45) is 0. The van der Waals surface area contributed by atoms with E-state index in [1.807, 2.05) is 13.8 Å². The Labute approximate surface area is 63.2 Å². The van der Waals surface area contributed by atoms with Gasteiger partial charge < -0.3 is 10.5 Å². The fourth-order valence-corrected chi connectivity index (χ4v) is 0.539. The van der Waals surface area contributed by atoms with Crippen LogP contribution in [-0.2, 0) is 4.74 Å². The first kappa shape index (κ1) is 8.07. The monoisotopic (exact) mass is 227 g/mol. The molecule has 0 atom stereocenters. The Morgan fingerprint density at radius 1 is 1.62 bits per heavy atom. The van der Waals surface area contributed by atoms with Crippen LogP contribution in [0.15, 0.2) is 11.5 Å². The molecule has 0 saturated carbocycles. The van der Waals surface area contributed by atoms with E-state index in [2.05, 4.69) is 22.6 Å². The van der Waals surface area contributed by atoms with Gasteiger partial charge in [-0.25, -0.2) is 0 Å². The Morgan fingerprint density at radius 3 is 2.25 bits per heavy atom. The van der Waals surface area contributed by atoms with Gasteiger partial charge >= 0.3 is 0 Å². The van der Waals surface area contributed by atoms with Crippen molar-refractivity contribution >= 4 is 22.6 Å². The molecule has 0 fully saturated rings. The van der Waals surface area contributed by atoms with Gasteiger partial charge in [-0.3, -0.25) is 0 Å². The summed E-state index contributed by atoms with van der Waals surface area (Å²) in [5.41, 5.74) is 6.41. The quantitative estimate of drug-likeness (QED) is 0.441. The van der Waals surface area contributed by atoms with Crippen LogP contribution in [-0.4, -0.2) is 4.61 Å². The maximum Gasteiger partial charge on any atom is 0.183 e. The average Bonchev–Trinajstić information content (AvgIpc) is 1.67. The molecular formula is C5H10INO. The molecule has 0 radical (unpaired) electrons. The molecule has 0 unspecified atom stereocenters. The minimum atomic E-state index is 0.541. The second kappa shape index (κ2) is 4.00. The third-order valence-electron chi connectivity index (χ3n) is 0.703. The first-order valence-corrected chi connectivity index (χ1v) is 3.82. The fraction of sp³-hybridized carbons (Fsp3) is 0.600. The zero-order valence-electron chi connectivity index (χ0n) is 5.07. The van der Waals surface area contributed by atoms with E-state index in [1.54, 1.807) is 0 Å². The van der Waals surface area contributed by atoms with Crippen molar-refractivity contribution in [1.29, 1.82) is 0 Å². The summed E-state index contributed by atoms with van der Waals surface area (Å²) in [7, 11) is 0. The van der Waals surface area contributed by atoms with Crippen LogP contribution in [0.1, 0.15) is 13.8 Å². The lowest BCUT2D eigenvalue weighted by Gasteiger charge is -2.01. The van der Waals surface area contributed by atoms with Crippen molar-refractivity contribution in [3.05, 3.63) is 11.5 Å². The van der Waals surface area contributed by atoms with Crippen LogP contribution in [0.25, 0.3) is 0 Å². The van der Waals surface area contributed by atoms with E-state index in [1.165, 1.54) is 0 Å². The van der Waals surface area contributed by atoms with Gasteiger partial charge in [0.15, 0.2) is 5.88 Å². The fourth-order valence-electron chi connectivity index (χ4n) is 0.203. The summed E-state index contributed by atoms with van der Waals surface area (Å²) in [5.74, 6) is 0.541. The standard InChI is InChI=1S/C5H10INO/c1-4(2)5(7)8-3-6/h3,7H2,1-2H3. The molecule has 0 amide bonds. The number of nitrogens with two attached hydrogens (primary N) is 1. The highest BCUT2D eigenvalue weighted by molar-refractivity contribution is 14.1. The first-order chi connectivity index (χ1) is 3.68. The lowest BCUT2D eigenvalue weighted by molar-refractivity contribution is 0.274. The van der Waals surface area contributed by atoms with Crippen LogP contribution in [0.5, 0.6) is 0 Å². The highest BCUT2D eigenvalue weighted by atomic mass is 127. The first-order valence-electron chi connectivity index (χ1n) is 2.30. The van der Waals surface area contributed by atoms with Crippen LogP contribution < -0.4 is 5.73 Å². The van der Waals surface area contributed by atoms with Gasteiger partial charge in [-0.1, -0.05) is 0 Å². The Kier molecular flexibility index (Phi) is 4.03. The van der Waals surface area contributed by atoms with Gasteiger partial charge in [0.2, 0.25) is 0 Å². The lowest BCUT2D eigenvalue weighted by atomic mass is 10.4. The zero-order chi connectivity index (χ0) is 6.57. The number of allylic oxidation sites excluding steroid dienone is 1. The van der Waals surface area contributed by atoms with Gasteiger partial charge in [0, 0.05) is 0 Å². The largest absolute Gasteiger partial charge is 0.469 e. The van der Waals surface area contributed by atoms with Gasteiger partial charge in [-0.05, 0) is 42.0 Å². The van der Waals surface area contributed by atoms with Crippen molar-refractivity contribution in [3.63, 3.8) is 0 Å². The second-order valence-electron chi connectivity index (χ2n) is 1.62. The minimum Gasteiger partial charge on any atom is -0.469 e. The van der Waals surface area contributed by atoms with Gasteiger partial charge in [0.25, 0.3) is 0 Å². The molecule has 0 aliphatic rings. The van der Waals surface area contributed by atoms with E-state index in [-0.39, 0.29) is 0 Å². The van der Waals surface area contributed by atoms with Crippen LogP contribution >= 0.6 is 22.6 Å².